The second kappa shape index (κ2) is 8.75. The van der Waals surface area contributed by atoms with E-state index < -0.39 is 5.97 Å². The highest BCUT2D eigenvalue weighted by Gasteiger charge is 2.15. The van der Waals surface area contributed by atoms with Crippen molar-refractivity contribution in [2.75, 3.05) is 6.61 Å². The standard InChI is InChI=1S/C18H23N3O4S/c1-11-15(12(2)21(4)20-11)6-8-18(24)25-10-16(23)17-7-5-14(26-17)9-19-13(3)22/h5,7H,6,8-10H2,1-4H3,(H,19,22). The van der Waals surface area contributed by atoms with Crippen LogP contribution in [0.1, 0.15) is 44.8 Å². The Morgan fingerprint density at radius 1 is 1.27 bits per heavy atom. The highest BCUT2D eigenvalue weighted by molar-refractivity contribution is 7.14. The Kier molecular flexibility index (Phi) is 6.68. The molecule has 2 aromatic rings. The summed E-state index contributed by atoms with van der Waals surface area (Å²) >= 11 is 1.28. The summed E-state index contributed by atoms with van der Waals surface area (Å²) in [4.78, 5) is 36.3. The van der Waals surface area contributed by atoms with E-state index in [1.807, 2.05) is 20.9 Å². The number of thiophene rings is 1. The molecule has 2 heterocycles. The van der Waals surface area contributed by atoms with Crippen LogP contribution in [0.15, 0.2) is 12.1 Å². The first-order chi connectivity index (χ1) is 12.3. The number of aryl methyl sites for hydroxylation is 2. The molecule has 0 aliphatic heterocycles. The number of hydrogen-bond donors (Lipinski definition) is 1. The number of hydrogen-bond acceptors (Lipinski definition) is 6. The maximum atomic E-state index is 12.1. The first-order valence-electron chi connectivity index (χ1n) is 8.29. The fourth-order valence-electron chi connectivity index (χ4n) is 2.53. The normalized spacial score (nSPS) is 10.6. The molecule has 0 saturated carbocycles. The van der Waals surface area contributed by atoms with E-state index in [1.165, 1.54) is 18.3 Å². The highest BCUT2D eigenvalue weighted by atomic mass is 32.1. The van der Waals surface area contributed by atoms with Crippen molar-refractivity contribution >= 4 is 29.0 Å². The summed E-state index contributed by atoms with van der Waals surface area (Å²) in [5, 5.41) is 6.99. The summed E-state index contributed by atoms with van der Waals surface area (Å²) in [6.45, 7) is 5.42. The molecule has 0 saturated heterocycles. The Bertz CT molecular complexity index is 823. The molecular formula is C18H23N3O4S. The van der Waals surface area contributed by atoms with E-state index in [-0.39, 0.29) is 24.7 Å². The molecule has 0 aliphatic rings. The number of nitrogens with one attached hydrogen (secondary N) is 1. The van der Waals surface area contributed by atoms with Gasteiger partial charge in [-0.2, -0.15) is 5.10 Å². The van der Waals surface area contributed by atoms with E-state index in [2.05, 4.69) is 10.4 Å². The smallest absolute Gasteiger partial charge is 0.306 e. The van der Waals surface area contributed by atoms with Gasteiger partial charge < -0.3 is 10.1 Å². The third kappa shape index (κ3) is 5.26. The monoisotopic (exact) mass is 377 g/mol. The Morgan fingerprint density at radius 2 is 2.00 bits per heavy atom. The third-order valence-corrected chi connectivity index (χ3v) is 5.18. The number of carbonyl (C=O) groups is 3. The number of nitrogens with zero attached hydrogens (tertiary/aromatic N) is 2. The van der Waals surface area contributed by atoms with Crippen molar-refractivity contribution in [2.45, 2.75) is 40.2 Å². The minimum Gasteiger partial charge on any atom is -0.457 e. The largest absolute Gasteiger partial charge is 0.457 e. The molecule has 0 fully saturated rings. The third-order valence-electron chi connectivity index (χ3n) is 4.05. The van der Waals surface area contributed by atoms with Gasteiger partial charge in [0.1, 0.15) is 0 Å². The van der Waals surface area contributed by atoms with Crippen LogP contribution in [0.2, 0.25) is 0 Å². The van der Waals surface area contributed by atoms with Gasteiger partial charge in [0.25, 0.3) is 0 Å². The molecule has 140 valence electrons. The molecule has 1 amide bonds. The number of amides is 1. The van der Waals surface area contributed by atoms with E-state index in [0.29, 0.717) is 17.8 Å². The molecule has 2 aromatic heterocycles. The van der Waals surface area contributed by atoms with Gasteiger partial charge in [0, 0.05) is 31.0 Å². The van der Waals surface area contributed by atoms with Crippen LogP contribution < -0.4 is 5.32 Å². The lowest BCUT2D eigenvalue weighted by Gasteiger charge is -2.04. The van der Waals surface area contributed by atoms with Crippen LogP contribution >= 0.6 is 11.3 Å². The van der Waals surface area contributed by atoms with Gasteiger partial charge in [0.2, 0.25) is 11.7 Å². The van der Waals surface area contributed by atoms with Gasteiger partial charge in [-0.1, -0.05) is 0 Å². The van der Waals surface area contributed by atoms with Gasteiger partial charge in [0.15, 0.2) is 6.61 Å². The zero-order chi connectivity index (χ0) is 19.3. The van der Waals surface area contributed by atoms with E-state index in [1.54, 1.807) is 16.8 Å². The number of carbonyl (C=O) groups excluding carboxylic acids is 3. The van der Waals surface area contributed by atoms with Crippen molar-refractivity contribution in [2.24, 2.45) is 7.05 Å². The predicted molar refractivity (Wildman–Crippen MR) is 98.1 cm³/mol. The van der Waals surface area contributed by atoms with E-state index in [9.17, 15) is 14.4 Å². The maximum absolute atomic E-state index is 12.1. The average Bonchev–Trinajstić information content (AvgIpc) is 3.15. The van der Waals surface area contributed by atoms with Gasteiger partial charge >= 0.3 is 5.97 Å². The van der Waals surface area contributed by atoms with Crippen molar-refractivity contribution in [1.82, 2.24) is 15.1 Å². The van der Waals surface area contributed by atoms with Crippen LogP contribution in [0.25, 0.3) is 0 Å². The van der Waals surface area contributed by atoms with Gasteiger partial charge in [0.05, 0.1) is 17.1 Å². The van der Waals surface area contributed by atoms with Crippen molar-refractivity contribution in [1.29, 1.82) is 0 Å². The van der Waals surface area contributed by atoms with Crippen LogP contribution in [-0.2, 0) is 34.3 Å². The Morgan fingerprint density at radius 3 is 2.62 bits per heavy atom. The van der Waals surface area contributed by atoms with Crippen molar-refractivity contribution in [3.8, 4) is 0 Å². The number of esters is 1. The van der Waals surface area contributed by atoms with Gasteiger partial charge in [-0.3, -0.25) is 19.1 Å². The van der Waals surface area contributed by atoms with Crippen LogP contribution in [-0.4, -0.2) is 34.0 Å². The van der Waals surface area contributed by atoms with Gasteiger partial charge in [-0.25, -0.2) is 0 Å². The van der Waals surface area contributed by atoms with Gasteiger partial charge in [-0.05, 0) is 38.0 Å². The summed E-state index contributed by atoms with van der Waals surface area (Å²) in [5.74, 6) is -0.776. The first-order valence-corrected chi connectivity index (χ1v) is 9.10. The van der Waals surface area contributed by atoms with Crippen molar-refractivity contribution in [3.63, 3.8) is 0 Å². The average molecular weight is 377 g/mol. The summed E-state index contributed by atoms with van der Waals surface area (Å²) < 4.78 is 6.88. The number of ketones is 1. The second-order valence-electron chi connectivity index (χ2n) is 6.03. The molecule has 7 nitrogen and oxygen atoms in total. The number of ether oxygens (including phenoxy) is 1. The lowest BCUT2D eigenvalue weighted by molar-refractivity contribution is -0.142. The lowest BCUT2D eigenvalue weighted by atomic mass is 10.1. The number of aromatic nitrogens is 2. The molecular weight excluding hydrogens is 354 g/mol. The topological polar surface area (TPSA) is 90.3 Å². The van der Waals surface area contributed by atoms with Gasteiger partial charge in [-0.15, -0.1) is 11.3 Å². The molecule has 2 rings (SSSR count). The summed E-state index contributed by atoms with van der Waals surface area (Å²) in [6, 6.07) is 3.46. The maximum Gasteiger partial charge on any atom is 0.306 e. The van der Waals surface area contributed by atoms with Crippen LogP contribution in [0.3, 0.4) is 0 Å². The second-order valence-corrected chi connectivity index (χ2v) is 7.20. The fourth-order valence-corrected chi connectivity index (χ4v) is 3.40. The predicted octanol–water partition coefficient (Wildman–Crippen LogP) is 2.09. The van der Waals surface area contributed by atoms with E-state index >= 15 is 0 Å². The number of rotatable bonds is 8. The summed E-state index contributed by atoms with van der Waals surface area (Å²) in [7, 11) is 1.87. The number of Topliss-reactive ketones (excluding diaryl/α,β-unsaturated/α-hetero) is 1. The quantitative estimate of drug-likeness (QED) is 0.562. The van der Waals surface area contributed by atoms with E-state index in [4.69, 9.17) is 4.74 Å². The van der Waals surface area contributed by atoms with Crippen LogP contribution in [0, 0.1) is 13.8 Å². The molecule has 0 spiro atoms. The minimum atomic E-state index is -0.406. The summed E-state index contributed by atoms with van der Waals surface area (Å²) in [6.07, 6.45) is 0.747. The van der Waals surface area contributed by atoms with Crippen LogP contribution in [0.4, 0.5) is 0 Å². The molecule has 0 radical (unpaired) electrons. The molecule has 0 atom stereocenters. The molecule has 8 heteroatoms. The first kappa shape index (κ1) is 19.8. The Hall–Kier alpha value is -2.48. The molecule has 0 unspecified atom stereocenters. The highest BCUT2D eigenvalue weighted by Crippen LogP contribution is 2.18. The van der Waals surface area contributed by atoms with Crippen molar-refractivity contribution in [3.05, 3.63) is 38.8 Å². The molecule has 0 aliphatic carbocycles. The summed E-state index contributed by atoms with van der Waals surface area (Å²) in [5.41, 5.74) is 2.97. The molecule has 0 aromatic carbocycles. The SMILES string of the molecule is CC(=O)NCc1ccc(C(=O)COC(=O)CCc2c(C)nn(C)c2C)s1. The molecule has 1 N–H and O–H groups in total. The minimum absolute atomic E-state index is 0.126. The molecule has 26 heavy (non-hydrogen) atoms. The van der Waals surface area contributed by atoms with Crippen LogP contribution in [0.5, 0.6) is 0 Å². The fraction of sp³-hybridized carbons (Fsp3) is 0.444. The van der Waals surface area contributed by atoms with E-state index in [0.717, 1.165) is 21.8 Å². The lowest BCUT2D eigenvalue weighted by Crippen LogP contribution is -2.18. The molecule has 0 bridgehead atoms. The Labute approximate surface area is 156 Å². The van der Waals surface area contributed by atoms with Crippen molar-refractivity contribution < 1.29 is 19.1 Å². The Balaban J connectivity index is 1.79. The zero-order valence-electron chi connectivity index (χ0n) is 15.4. The zero-order valence-corrected chi connectivity index (χ0v) is 16.2.